The second-order valence-corrected chi connectivity index (χ2v) is 11.3. The molecule has 2 aromatic rings. The molecule has 38 heavy (non-hydrogen) atoms. The Bertz CT molecular complexity index is 1350. The fourth-order valence-electron chi connectivity index (χ4n) is 3.97. The van der Waals surface area contributed by atoms with Gasteiger partial charge in [-0.05, 0) is 44.0 Å². The van der Waals surface area contributed by atoms with Crippen LogP contribution in [-0.4, -0.2) is 57.5 Å². The van der Waals surface area contributed by atoms with Crippen LogP contribution in [0.1, 0.15) is 47.7 Å². The number of hydrogen-bond acceptors (Lipinski definition) is 6. The molecule has 2 heterocycles. The van der Waals surface area contributed by atoms with Crippen LogP contribution in [0, 0.1) is 6.92 Å². The van der Waals surface area contributed by atoms with E-state index in [1.165, 1.54) is 29.2 Å². The molecule has 1 aromatic carbocycles. The average Bonchev–Trinajstić information content (AvgIpc) is 2.98. The largest absolute Gasteiger partial charge is 0.418 e. The molecule has 0 spiro atoms. The molecule has 0 bridgehead atoms. The highest BCUT2D eigenvalue weighted by molar-refractivity contribution is 7.93. The lowest BCUT2D eigenvalue weighted by Crippen LogP contribution is -2.30. The summed E-state index contributed by atoms with van der Waals surface area (Å²) in [5, 5.41) is 11.8. The van der Waals surface area contributed by atoms with Crippen LogP contribution in [0.5, 0.6) is 0 Å². The minimum atomic E-state index is -4.82. The maximum absolute atomic E-state index is 13.9. The van der Waals surface area contributed by atoms with Crippen molar-refractivity contribution in [3.63, 3.8) is 0 Å². The van der Waals surface area contributed by atoms with E-state index in [0.29, 0.717) is 6.20 Å². The summed E-state index contributed by atoms with van der Waals surface area (Å²) in [7, 11) is -3.33. The first-order valence-electron chi connectivity index (χ1n) is 11.6. The minimum absolute atomic E-state index is 0.0261. The van der Waals surface area contributed by atoms with Crippen molar-refractivity contribution in [2.24, 2.45) is 4.36 Å². The summed E-state index contributed by atoms with van der Waals surface area (Å²) < 4.78 is 85.2. The van der Waals surface area contributed by atoms with E-state index in [1.54, 1.807) is 0 Å². The minimum Gasteiger partial charge on any atom is -0.383 e. The smallest absolute Gasteiger partial charge is 0.383 e. The topological polar surface area (TPSA) is 112 Å². The molecule has 2 amide bonds. The van der Waals surface area contributed by atoms with Gasteiger partial charge in [-0.2, -0.15) is 17.5 Å². The number of hydrogen-bond donors (Lipinski definition) is 2. The van der Waals surface area contributed by atoms with Gasteiger partial charge in [-0.1, -0.05) is 6.07 Å². The lowest BCUT2D eigenvalue weighted by Gasteiger charge is -2.26. The monoisotopic (exact) mass is 562 g/mol. The van der Waals surface area contributed by atoms with Gasteiger partial charge in [0.1, 0.15) is 11.9 Å². The Morgan fingerprint density at radius 2 is 1.92 bits per heavy atom. The second kappa shape index (κ2) is 10.9. The van der Waals surface area contributed by atoms with E-state index < -0.39 is 69.3 Å². The van der Waals surface area contributed by atoms with E-state index in [0.717, 1.165) is 20.1 Å². The summed E-state index contributed by atoms with van der Waals surface area (Å²) in [6.45, 7) is 2.12. The highest BCUT2D eigenvalue weighted by atomic mass is 32.2. The van der Waals surface area contributed by atoms with Crippen LogP contribution in [0.3, 0.4) is 0 Å². The van der Waals surface area contributed by atoms with Crippen LogP contribution < -0.4 is 10.2 Å². The van der Waals surface area contributed by atoms with Gasteiger partial charge in [0, 0.05) is 49.0 Å². The molecular formula is C24H27F5N4O4S. The van der Waals surface area contributed by atoms with Crippen molar-refractivity contribution in [2.45, 2.75) is 56.2 Å². The maximum atomic E-state index is 13.9. The van der Waals surface area contributed by atoms with Gasteiger partial charge >= 0.3 is 6.18 Å². The molecule has 1 saturated heterocycles. The molecule has 1 aliphatic heterocycles. The molecule has 14 heteroatoms. The normalized spacial score (nSPS) is 18.2. The quantitative estimate of drug-likeness (QED) is 0.514. The number of amides is 2. The van der Waals surface area contributed by atoms with Gasteiger partial charge in [0.25, 0.3) is 11.8 Å². The Labute approximate surface area is 216 Å². The summed E-state index contributed by atoms with van der Waals surface area (Å²) >= 11 is 0. The summed E-state index contributed by atoms with van der Waals surface area (Å²) in [6.07, 6.45) is -5.44. The average molecular weight is 563 g/mol. The Morgan fingerprint density at radius 1 is 1.24 bits per heavy atom. The Hall–Kier alpha value is -3.13. The first-order valence-corrected chi connectivity index (χ1v) is 13.5. The van der Waals surface area contributed by atoms with Crippen molar-refractivity contribution in [3.8, 4) is 0 Å². The summed E-state index contributed by atoms with van der Waals surface area (Å²) in [5.41, 5.74) is -1.97. The number of aliphatic hydroxyl groups is 1. The van der Waals surface area contributed by atoms with Crippen LogP contribution in [0.15, 0.2) is 39.7 Å². The predicted molar refractivity (Wildman–Crippen MR) is 131 cm³/mol. The van der Waals surface area contributed by atoms with Crippen LogP contribution in [0.4, 0.5) is 33.5 Å². The maximum Gasteiger partial charge on any atom is 0.418 e. The number of nitrogens with one attached hydrogen (secondary N) is 1. The molecular weight excluding hydrogens is 535 g/mol. The number of carbonyl (C=O) groups is 2. The zero-order valence-corrected chi connectivity index (χ0v) is 21.6. The fourth-order valence-corrected chi connectivity index (χ4v) is 5.24. The van der Waals surface area contributed by atoms with Gasteiger partial charge in [0.05, 0.1) is 20.9 Å². The molecule has 208 valence electrons. The van der Waals surface area contributed by atoms with Crippen LogP contribution >= 0.6 is 0 Å². The summed E-state index contributed by atoms with van der Waals surface area (Å²) in [4.78, 5) is 30.4. The van der Waals surface area contributed by atoms with E-state index in [2.05, 4.69) is 14.7 Å². The molecule has 2 N–H and O–H groups in total. The number of alkyl halides is 5. The van der Waals surface area contributed by atoms with Crippen molar-refractivity contribution in [1.29, 1.82) is 0 Å². The third-order valence-corrected chi connectivity index (χ3v) is 7.68. The van der Waals surface area contributed by atoms with Crippen molar-refractivity contribution in [3.05, 3.63) is 47.2 Å². The molecule has 1 fully saturated rings. The van der Waals surface area contributed by atoms with Crippen molar-refractivity contribution < 1.29 is 40.9 Å². The zero-order valence-electron chi connectivity index (χ0n) is 20.8. The number of aliphatic hydroxyl groups excluding tert-OH is 1. The van der Waals surface area contributed by atoms with Gasteiger partial charge in [0.15, 0.2) is 0 Å². The van der Waals surface area contributed by atoms with Gasteiger partial charge in [-0.15, -0.1) is 0 Å². The van der Waals surface area contributed by atoms with E-state index in [4.69, 9.17) is 0 Å². The van der Waals surface area contributed by atoms with E-state index >= 15 is 0 Å². The van der Waals surface area contributed by atoms with Crippen molar-refractivity contribution >= 4 is 33.0 Å². The third kappa shape index (κ3) is 6.84. The molecule has 0 saturated carbocycles. The SMILES string of the molecule is Cc1c(C(F)(F)F)cnc(N2CCCC(F)(F)CC2)c1C(=O)Nc1cccc([S@@](C)(=O)=NC(=O)[C@@H](C)O)c1. The van der Waals surface area contributed by atoms with Gasteiger partial charge in [-0.25, -0.2) is 18.0 Å². The molecule has 0 unspecified atom stereocenters. The van der Waals surface area contributed by atoms with Crippen LogP contribution in [-0.2, 0) is 20.7 Å². The number of nitrogens with zero attached hydrogens (tertiary/aromatic N) is 3. The number of rotatable bonds is 5. The number of halogens is 5. The second-order valence-electron chi connectivity index (χ2n) is 9.08. The molecule has 3 rings (SSSR count). The Balaban J connectivity index is 2.03. The molecule has 0 aliphatic carbocycles. The van der Waals surface area contributed by atoms with Crippen molar-refractivity contribution in [2.75, 3.05) is 29.6 Å². The molecule has 1 aliphatic rings. The summed E-state index contributed by atoms with van der Waals surface area (Å²) in [6, 6.07) is 5.39. The van der Waals surface area contributed by atoms with E-state index in [1.807, 2.05) is 0 Å². The van der Waals surface area contributed by atoms with Gasteiger partial charge in [-0.3, -0.25) is 9.59 Å². The standard InChI is InChI=1S/C24H27F5N4O4S/c1-14-18(24(27,28)29)13-30-20(33-10-5-8-23(25,26)9-11-33)19(14)22(36)31-16-6-4-7-17(12-16)38(3,37)32-21(35)15(2)34/h4,6-7,12-13,15,34H,5,8-11H2,1-3H3,(H,31,36)/t15-,38-/m1/s1. The van der Waals surface area contributed by atoms with Gasteiger partial charge < -0.3 is 15.3 Å². The van der Waals surface area contributed by atoms with E-state index in [-0.39, 0.29) is 35.9 Å². The fraction of sp³-hybridized carbons (Fsp3) is 0.458. The molecule has 2 atom stereocenters. The molecule has 0 radical (unpaired) electrons. The number of benzene rings is 1. The first kappa shape index (κ1) is 29.4. The predicted octanol–water partition coefficient (Wildman–Crippen LogP) is 4.65. The summed E-state index contributed by atoms with van der Waals surface area (Å²) in [5.74, 6) is -5.08. The Kier molecular flexibility index (Phi) is 8.46. The number of anilines is 2. The third-order valence-electron chi connectivity index (χ3n) is 6.02. The number of pyridine rings is 1. The number of aromatic nitrogens is 1. The molecule has 1 aromatic heterocycles. The first-order chi connectivity index (χ1) is 17.5. The van der Waals surface area contributed by atoms with Crippen LogP contribution in [0.25, 0.3) is 0 Å². The highest BCUT2D eigenvalue weighted by Crippen LogP contribution is 2.37. The highest BCUT2D eigenvalue weighted by Gasteiger charge is 2.38. The lowest BCUT2D eigenvalue weighted by atomic mass is 10.0. The van der Waals surface area contributed by atoms with Crippen LogP contribution in [0.2, 0.25) is 0 Å². The zero-order chi connectivity index (χ0) is 28.5. The Morgan fingerprint density at radius 3 is 2.55 bits per heavy atom. The van der Waals surface area contributed by atoms with Gasteiger partial charge in [0.2, 0.25) is 5.92 Å². The molecule has 8 nitrogen and oxygen atoms in total. The van der Waals surface area contributed by atoms with E-state index in [9.17, 15) is 40.9 Å². The number of carbonyl (C=O) groups excluding carboxylic acids is 2. The lowest BCUT2D eigenvalue weighted by molar-refractivity contribution is -0.138. The van der Waals surface area contributed by atoms with Crippen molar-refractivity contribution in [1.82, 2.24) is 4.98 Å².